The smallest absolute Gasteiger partial charge is 0.257 e. The monoisotopic (exact) mass is 315 g/mol. The van der Waals surface area contributed by atoms with Gasteiger partial charge in [-0.25, -0.2) is 0 Å². The molecule has 124 valence electrons. The van der Waals surface area contributed by atoms with Crippen LogP contribution in [0.5, 0.6) is 0 Å². The first-order chi connectivity index (χ1) is 11.3. The lowest BCUT2D eigenvalue weighted by atomic mass is 9.93. The third-order valence-electron chi connectivity index (χ3n) is 4.68. The van der Waals surface area contributed by atoms with E-state index in [1.54, 1.807) is 6.20 Å². The summed E-state index contributed by atoms with van der Waals surface area (Å²) in [7, 11) is 0. The third-order valence-corrected chi connectivity index (χ3v) is 4.68. The Morgan fingerprint density at radius 1 is 1.39 bits per heavy atom. The molecule has 1 amide bonds. The van der Waals surface area contributed by atoms with Gasteiger partial charge in [-0.2, -0.15) is 10.2 Å². The molecular formula is C17H25N5O. The standard InChI is InChI=1S/C17H25N5O/c1-2-4-16-15(13-18-20-16)17(23)21-10-5-14(6-11-21)7-12-22-9-3-8-19-22/h3,8-9,13-14H,2,4-7,10-12H2,1H3,(H,18,20). The zero-order chi connectivity index (χ0) is 16.1. The SMILES string of the molecule is CCCc1[nH]ncc1C(=O)N1CCC(CCn2cccn2)CC1. The molecule has 6 nitrogen and oxygen atoms in total. The molecule has 3 rings (SSSR count). The molecule has 0 unspecified atom stereocenters. The number of carbonyl (C=O) groups is 1. The molecule has 1 aliphatic heterocycles. The third kappa shape index (κ3) is 3.81. The van der Waals surface area contributed by atoms with Crippen LogP contribution in [0, 0.1) is 5.92 Å². The highest BCUT2D eigenvalue weighted by Gasteiger charge is 2.25. The highest BCUT2D eigenvalue weighted by Crippen LogP contribution is 2.23. The predicted octanol–water partition coefficient (Wildman–Crippen LogP) is 2.50. The van der Waals surface area contributed by atoms with Crippen LogP contribution >= 0.6 is 0 Å². The van der Waals surface area contributed by atoms with Crippen molar-refractivity contribution in [3.63, 3.8) is 0 Å². The summed E-state index contributed by atoms with van der Waals surface area (Å²) in [6, 6.07) is 1.96. The average Bonchev–Trinajstić information content (AvgIpc) is 3.25. The quantitative estimate of drug-likeness (QED) is 0.890. The molecule has 3 heterocycles. The maximum Gasteiger partial charge on any atom is 0.257 e. The Balaban J connectivity index is 1.50. The van der Waals surface area contributed by atoms with Gasteiger partial charge in [-0.15, -0.1) is 0 Å². The second-order valence-electron chi connectivity index (χ2n) is 6.31. The highest BCUT2D eigenvalue weighted by molar-refractivity contribution is 5.95. The molecule has 0 bridgehead atoms. The zero-order valence-electron chi connectivity index (χ0n) is 13.7. The van der Waals surface area contributed by atoms with Gasteiger partial charge in [-0.1, -0.05) is 13.3 Å². The lowest BCUT2D eigenvalue weighted by Gasteiger charge is -2.32. The Labute approximate surface area is 136 Å². The van der Waals surface area contributed by atoms with Crippen LogP contribution in [-0.2, 0) is 13.0 Å². The normalized spacial score (nSPS) is 16.0. The Morgan fingerprint density at radius 3 is 2.91 bits per heavy atom. The molecule has 0 aliphatic carbocycles. The van der Waals surface area contributed by atoms with E-state index in [1.165, 1.54) is 0 Å². The highest BCUT2D eigenvalue weighted by atomic mass is 16.2. The van der Waals surface area contributed by atoms with Crippen molar-refractivity contribution in [3.8, 4) is 0 Å². The van der Waals surface area contributed by atoms with E-state index in [2.05, 4.69) is 22.2 Å². The van der Waals surface area contributed by atoms with Gasteiger partial charge in [-0.05, 0) is 37.7 Å². The summed E-state index contributed by atoms with van der Waals surface area (Å²) in [5.74, 6) is 0.815. The fourth-order valence-electron chi connectivity index (χ4n) is 3.28. The number of nitrogens with one attached hydrogen (secondary N) is 1. The number of amides is 1. The van der Waals surface area contributed by atoms with Gasteiger partial charge in [0.05, 0.1) is 11.8 Å². The second kappa shape index (κ2) is 7.44. The Bertz CT molecular complexity index is 611. The molecule has 2 aromatic heterocycles. The first-order valence-corrected chi connectivity index (χ1v) is 8.57. The molecule has 6 heteroatoms. The van der Waals surface area contributed by atoms with Crippen LogP contribution in [0.15, 0.2) is 24.7 Å². The van der Waals surface area contributed by atoms with E-state index >= 15 is 0 Å². The predicted molar refractivity (Wildman–Crippen MR) is 88.1 cm³/mol. The minimum absolute atomic E-state index is 0.132. The number of rotatable bonds is 6. The van der Waals surface area contributed by atoms with Crippen LogP contribution in [0.2, 0.25) is 0 Å². The molecule has 0 radical (unpaired) electrons. The van der Waals surface area contributed by atoms with Crippen molar-refractivity contribution in [1.29, 1.82) is 0 Å². The number of piperidine rings is 1. The summed E-state index contributed by atoms with van der Waals surface area (Å²) in [5, 5.41) is 11.3. The molecule has 1 fully saturated rings. The molecular weight excluding hydrogens is 290 g/mol. The van der Waals surface area contributed by atoms with Crippen LogP contribution in [0.1, 0.15) is 48.7 Å². The lowest BCUT2D eigenvalue weighted by molar-refractivity contribution is 0.0683. The van der Waals surface area contributed by atoms with Gasteiger partial charge in [0, 0.05) is 37.7 Å². The number of H-pyrrole nitrogens is 1. The molecule has 0 saturated carbocycles. The average molecular weight is 315 g/mol. The first-order valence-electron chi connectivity index (χ1n) is 8.57. The number of nitrogens with zero attached hydrogens (tertiary/aromatic N) is 4. The van der Waals surface area contributed by atoms with Crippen molar-refractivity contribution < 1.29 is 4.79 Å². The molecule has 1 aliphatic rings. The van der Waals surface area contributed by atoms with Crippen molar-refractivity contribution >= 4 is 5.91 Å². The van der Waals surface area contributed by atoms with Gasteiger partial charge in [0.1, 0.15) is 0 Å². The van der Waals surface area contributed by atoms with Gasteiger partial charge in [0.2, 0.25) is 0 Å². The van der Waals surface area contributed by atoms with E-state index in [-0.39, 0.29) is 5.91 Å². The van der Waals surface area contributed by atoms with Gasteiger partial charge < -0.3 is 4.90 Å². The molecule has 0 atom stereocenters. The second-order valence-corrected chi connectivity index (χ2v) is 6.31. The summed E-state index contributed by atoms with van der Waals surface area (Å²) in [5.41, 5.74) is 1.72. The van der Waals surface area contributed by atoms with Gasteiger partial charge in [0.25, 0.3) is 5.91 Å². The Morgan fingerprint density at radius 2 is 2.22 bits per heavy atom. The van der Waals surface area contributed by atoms with E-state index in [0.29, 0.717) is 5.92 Å². The lowest BCUT2D eigenvalue weighted by Crippen LogP contribution is -2.38. The fourth-order valence-corrected chi connectivity index (χ4v) is 3.28. The molecule has 0 spiro atoms. The zero-order valence-corrected chi connectivity index (χ0v) is 13.7. The number of likely N-dealkylation sites (tertiary alicyclic amines) is 1. The number of hydrogen-bond acceptors (Lipinski definition) is 3. The van der Waals surface area contributed by atoms with Gasteiger partial charge in [0.15, 0.2) is 0 Å². The van der Waals surface area contributed by atoms with Gasteiger partial charge >= 0.3 is 0 Å². The number of aromatic amines is 1. The number of carbonyl (C=O) groups excluding carboxylic acids is 1. The van der Waals surface area contributed by atoms with Crippen LogP contribution in [0.4, 0.5) is 0 Å². The molecule has 1 saturated heterocycles. The van der Waals surface area contributed by atoms with Crippen molar-refractivity contribution in [2.24, 2.45) is 5.92 Å². The van der Waals surface area contributed by atoms with E-state index < -0.39 is 0 Å². The van der Waals surface area contributed by atoms with Crippen molar-refractivity contribution in [3.05, 3.63) is 35.9 Å². The van der Waals surface area contributed by atoms with Crippen LogP contribution in [-0.4, -0.2) is 43.9 Å². The Hall–Kier alpha value is -2.11. The maximum absolute atomic E-state index is 12.7. The number of hydrogen-bond donors (Lipinski definition) is 1. The topological polar surface area (TPSA) is 66.8 Å². The maximum atomic E-state index is 12.7. The molecule has 0 aromatic carbocycles. The molecule has 23 heavy (non-hydrogen) atoms. The van der Waals surface area contributed by atoms with Crippen molar-refractivity contribution in [2.45, 2.75) is 45.6 Å². The van der Waals surface area contributed by atoms with Crippen LogP contribution in [0.3, 0.4) is 0 Å². The van der Waals surface area contributed by atoms with Crippen molar-refractivity contribution in [2.75, 3.05) is 13.1 Å². The Kier molecular flexibility index (Phi) is 5.10. The van der Waals surface area contributed by atoms with E-state index in [0.717, 1.165) is 63.0 Å². The van der Waals surface area contributed by atoms with Crippen LogP contribution < -0.4 is 0 Å². The summed E-state index contributed by atoms with van der Waals surface area (Å²) in [6.07, 6.45) is 10.7. The molecule has 2 aromatic rings. The van der Waals surface area contributed by atoms with E-state index in [4.69, 9.17) is 0 Å². The first kappa shape index (κ1) is 15.8. The minimum atomic E-state index is 0.132. The minimum Gasteiger partial charge on any atom is -0.339 e. The van der Waals surface area contributed by atoms with Gasteiger partial charge in [-0.3, -0.25) is 14.6 Å². The summed E-state index contributed by atoms with van der Waals surface area (Å²) in [4.78, 5) is 14.6. The summed E-state index contributed by atoms with van der Waals surface area (Å²) in [6.45, 7) is 4.77. The van der Waals surface area contributed by atoms with E-state index in [1.807, 2.05) is 28.0 Å². The number of aryl methyl sites for hydroxylation is 2. The molecule has 1 N–H and O–H groups in total. The summed E-state index contributed by atoms with van der Waals surface area (Å²) < 4.78 is 1.99. The van der Waals surface area contributed by atoms with Crippen LogP contribution in [0.25, 0.3) is 0 Å². The summed E-state index contributed by atoms with van der Waals surface area (Å²) >= 11 is 0. The largest absolute Gasteiger partial charge is 0.339 e. The van der Waals surface area contributed by atoms with E-state index in [9.17, 15) is 4.79 Å². The fraction of sp³-hybridized carbons (Fsp3) is 0.588. The number of aromatic nitrogens is 4. The van der Waals surface area contributed by atoms with Crippen molar-refractivity contribution in [1.82, 2.24) is 24.9 Å².